The van der Waals surface area contributed by atoms with Crippen molar-refractivity contribution in [1.82, 2.24) is 15.3 Å². The number of anilines is 2. The van der Waals surface area contributed by atoms with E-state index in [4.69, 9.17) is 5.73 Å². The summed E-state index contributed by atoms with van der Waals surface area (Å²) < 4.78 is 0. The number of aryl methyl sites for hydroxylation is 1. The van der Waals surface area contributed by atoms with Gasteiger partial charge in [0.25, 0.3) is 5.91 Å². The molecule has 0 saturated heterocycles. The van der Waals surface area contributed by atoms with E-state index in [1.165, 1.54) is 28.6 Å². The molecule has 0 spiro atoms. The Hall–Kier alpha value is -2.65. The fourth-order valence-electron chi connectivity index (χ4n) is 3.98. The van der Waals surface area contributed by atoms with Crippen LogP contribution in [0.15, 0.2) is 29.4 Å². The molecular formula is C23H25N5O2S2. The molecule has 0 aliphatic heterocycles. The Bertz CT molecular complexity index is 1200. The van der Waals surface area contributed by atoms with Gasteiger partial charge in [-0.1, -0.05) is 24.8 Å². The Morgan fingerprint density at radius 1 is 1.25 bits per heavy atom. The number of hydrogen-bond acceptors (Lipinski definition) is 7. The van der Waals surface area contributed by atoms with Gasteiger partial charge in [0, 0.05) is 22.2 Å². The number of carbonyl (C=O) groups excluding carboxylic acids is 2. The zero-order valence-corrected chi connectivity index (χ0v) is 19.4. The highest BCUT2D eigenvalue weighted by Gasteiger charge is 2.24. The van der Waals surface area contributed by atoms with E-state index in [0.29, 0.717) is 34.2 Å². The number of hydrogen-bond donors (Lipinski definition) is 3. The zero-order valence-electron chi connectivity index (χ0n) is 17.8. The molecule has 1 unspecified atom stereocenters. The average Bonchev–Trinajstić information content (AvgIpc) is 3.50. The van der Waals surface area contributed by atoms with Gasteiger partial charge in [-0.2, -0.15) is 0 Å². The Balaban J connectivity index is 1.24. The van der Waals surface area contributed by atoms with Crippen molar-refractivity contribution in [2.45, 2.75) is 50.2 Å². The molecule has 1 fully saturated rings. The summed E-state index contributed by atoms with van der Waals surface area (Å²) in [5, 5.41) is 7.30. The number of carbonyl (C=O) groups is 2. The van der Waals surface area contributed by atoms with Crippen LogP contribution in [-0.4, -0.2) is 33.6 Å². The van der Waals surface area contributed by atoms with Crippen LogP contribution in [0.25, 0.3) is 10.2 Å². The standard InChI is InChI=1S/C23H25N5O2S2/c1-12-5-8-16-17(9-12)32-22-19(16)20(24)27-23(28-22)31-11-18(29)25-15-4-2-3-13(10-15)21(30)26-14-6-7-14/h2-4,10,12,14H,5-9,11H2,1H3,(H,25,29)(H,26,30)(H2,24,27,28). The Morgan fingerprint density at radius 3 is 2.91 bits per heavy atom. The van der Waals surface area contributed by atoms with Gasteiger partial charge in [-0.3, -0.25) is 9.59 Å². The fourth-order valence-corrected chi connectivity index (χ4v) is 6.08. The summed E-state index contributed by atoms with van der Waals surface area (Å²) in [6, 6.07) is 7.27. The normalized spacial score (nSPS) is 17.7. The minimum absolute atomic E-state index is 0.108. The van der Waals surface area contributed by atoms with Gasteiger partial charge in [0.1, 0.15) is 10.6 Å². The lowest BCUT2D eigenvalue weighted by Gasteiger charge is -2.17. The maximum absolute atomic E-state index is 12.5. The van der Waals surface area contributed by atoms with Gasteiger partial charge in [-0.05, 0) is 61.8 Å². The van der Waals surface area contributed by atoms with Crippen LogP contribution < -0.4 is 16.4 Å². The van der Waals surface area contributed by atoms with Gasteiger partial charge in [-0.25, -0.2) is 9.97 Å². The lowest BCUT2D eigenvalue weighted by Crippen LogP contribution is -2.25. The third-order valence-electron chi connectivity index (χ3n) is 5.82. The lowest BCUT2D eigenvalue weighted by molar-refractivity contribution is -0.113. The number of aromatic nitrogens is 2. The minimum Gasteiger partial charge on any atom is -0.383 e. The summed E-state index contributed by atoms with van der Waals surface area (Å²) >= 11 is 2.96. The third-order valence-corrected chi connectivity index (χ3v) is 7.81. The Kier molecular flexibility index (Phi) is 5.77. The van der Waals surface area contributed by atoms with Gasteiger partial charge in [0.05, 0.1) is 11.1 Å². The molecule has 0 bridgehead atoms. The summed E-state index contributed by atoms with van der Waals surface area (Å²) in [4.78, 5) is 36.1. The first-order valence-corrected chi connectivity index (χ1v) is 12.7. The predicted octanol–water partition coefficient (Wildman–Crippen LogP) is 4.02. The molecule has 3 aromatic rings. The second-order valence-electron chi connectivity index (χ2n) is 8.59. The zero-order chi connectivity index (χ0) is 22.2. The van der Waals surface area contributed by atoms with Gasteiger partial charge >= 0.3 is 0 Å². The molecule has 1 saturated carbocycles. The number of fused-ring (bicyclic) bond motifs is 3. The topological polar surface area (TPSA) is 110 Å². The molecule has 0 radical (unpaired) electrons. The number of nitrogens with zero attached hydrogens (tertiary/aromatic N) is 2. The number of nitrogen functional groups attached to an aromatic ring is 1. The molecule has 1 atom stereocenters. The first kappa shape index (κ1) is 21.2. The van der Waals surface area contributed by atoms with Crippen LogP contribution in [-0.2, 0) is 17.6 Å². The maximum Gasteiger partial charge on any atom is 0.251 e. The predicted molar refractivity (Wildman–Crippen MR) is 129 cm³/mol. The monoisotopic (exact) mass is 467 g/mol. The Labute approximate surface area is 194 Å². The number of benzene rings is 1. The van der Waals surface area contributed by atoms with Crippen LogP contribution in [0, 0.1) is 5.92 Å². The highest BCUT2D eigenvalue weighted by Crippen LogP contribution is 2.39. The molecule has 32 heavy (non-hydrogen) atoms. The highest BCUT2D eigenvalue weighted by atomic mass is 32.2. The number of rotatable bonds is 6. The number of amides is 2. The van der Waals surface area contributed by atoms with Crippen LogP contribution in [0.3, 0.4) is 0 Å². The SMILES string of the molecule is CC1CCc2c(sc3nc(SCC(=O)Nc4cccc(C(=O)NC5CC5)c4)nc(N)c23)C1. The highest BCUT2D eigenvalue weighted by molar-refractivity contribution is 7.99. The van der Waals surface area contributed by atoms with Crippen molar-refractivity contribution >= 4 is 56.6 Å². The molecule has 166 valence electrons. The molecule has 1 aromatic carbocycles. The van der Waals surface area contributed by atoms with Crippen molar-refractivity contribution in [2.24, 2.45) is 5.92 Å². The van der Waals surface area contributed by atoms with Crippen molar-refractivity contribution in [3.8, 4) is 0 Å². The van der Waals surface area contributed by atoms with Gasteiger partial charge < -0.3 is 16.4 Å². The summed E-state index contributed by atoms with van der Waals surface area (Å²) in [6.07, 6.45) is 5.32. The summed E-state index contributed by atoms with van der Waals surface area (Å²) in [5.41, 5.74) is 8.72. The second kappa shape index (κ2) is 8.71. The van der Waals surface area contributed by atoms with E-state index < -0.39 is 0 Å². The van der Waals surface area contributed by atoms with Crippen molar-refractivity contribution in [3.05, 3.63) is 40.3 Å². The third kappa shape index (κ3) is 4.59. The van der Waals surface area contributed by atoms with Crippen molar-refractivity contribution in [3.63, 3.8) is 0 Å². The second-order valence-corrected chi connectivity index (χ2v) is 10.6. The molecular weight excluding hydrogens is 442 g/mol. The largest absolute Gasteiger partial charge is 0.383 e. The maximum atomic E-state index is 12.5. The van der Waals surface area contributed by atoms with Gasteiger partial charge in [-0.15, -0.1) is 11.3 Å². The summed E-state index contributed by atoms with van der Waals surface area (Å²) in [6.45, 7) is 2.28. The van der Waals surface area contributed by atoms with Crippen molar-refractivity contribution in [2.75, 3.05) is 16.8 Å². The van der Waals surface area contributed by atoms with Crippen LogP contribution in [0.4, 0.5) is 11.5 Å². The quantitative estimate of drug-likeness (QED) is 0.373. The molecule has 2 aliphatic rings. The van der Waals surface area contributed by atoms with Crippen molar-refractivity contribution in [1.29, 1.82) is 0 Å². The molecule has 2 aliphatic carbocycles. The molecule has 4 N–H and O–H groups in total. The lowest BCUT2D eigenvalue weighted by atomic mass is 9.89. The summed E-state index contributed by atoms with van der Waals surface area (Å²) in [5.74, 6) is 1.05. The van der Waals surface area contributed by atoms with E-state index in [-0.39, 0.29) is 17.6 Å². The Morgan fingerprint density at radius 2 is 2.09 bits per heavy atom. The molecule has 2 heterocycles. The van der Waals surface area contributed by atoms with Crippen LogP contribution in [0.1, 0.15) is 47.0 Å². The number of nitrogens with two attached hydrogens (primary N) is 1. The van der Waals surface area contributed by atoms with Crippen LogP contribution in [0.5, 0.6) is 0 Å². The van der Waals surface area contributed by atoms with Gasteiger partial charge in [0.15, 0.2) is 5.16 Å². The molecule has 9 heteroatoms. The molecule has 2 amide bonds. The van der Waals surface area contributed by atoms with E-state index in [1.807, 2.05) is 0 Å². The number of thiophene rings is 1. The van der Waals surface area contributed by atoms with E-state index in [0.717, 1.165) is 35.9 Å². The first-order chi connectivity index (χ1) is 15.5. The first-order valence-electron chi connectivity index (χ1n) is 10.9. The van der Waals surface area contributed by atoms with E-state index in [9.17, 15) is 9.59 Å². The van der Waals surface area contributed by atoms with E-state index in [2.05, 4.69) is 27.5 Å². The minimum atomic E-state index is -0.184. The molecule has 5 rings (SSSR count). The fraction of sp³-hybridized carbons (Fsp3) is 0.391. The summed E-state index contributed by atoms with van der Waals surface area (Å²) in [7, 11) is 0. The number of nitrogens with one attached hydrogen (secondary N) is 2. The smallest absolute Gasteiger partial charge is 0.251 e. The van der Waals surface area contributed by atoms with Crippen LogP contribution in [0.2, 0.25) is 0 Å². The average molecular weight is 468 g/mol. The van der Waals surface area contributed by atoms with E-state index in [1.54, 1.807) is 35.6 Å². The van der Waals surface area contributed by atoms with Crippen LogP contribution >= 0.6 is 23.1 Å². The molecule has 7 nitrogen and oxygen atoms in total. The van der Waals surface area contributed by atoms with E-state index >= 15 is 0 Å². The van der Waals surface area contributed by atoms with Gasteiger partial charge in [0.2, 0.25) is 5.91 Å². The molecule has 2 aromatic heterocycles. The van der Waals surface area contributed by atoms with Crippen molar-refractivity contribution < 1.29 is 9.59 Å². The number of thioether (sulfide) groups is 1.